The Hall–Kier alpha value is -2.99. The van der Waals surface area contributed by atoms with E-state index >= 15 is 4.39 Å². The third-order valence-electron chi connectivity index (χ3n) is 6.32. The van der Waals surface area contributed by atoms with Crippen LogP contribution in [0.4, 0.5) is 10.2 Å². The monoisotopic (exact) mass is 540 g/mol. The van der Waals surface area contributed by atoms with Crippen LogP contribution in [0, 0.1) is 5.41 Å². The van der Waals surface area contributed by atoms with E-state index in [9.17, 15) is 19.3 Å². The van der Waals surface area contributed by atoms with Crippen LogP contribution in [0.5, 0.6) is 11.5 Å². The van der Waals surface area contributed by atoms with Gasteiger partial charge in [0.05, 0.1) is 12.3 Å². The molecule has 12 nitrogen and oxygen atoms in total. The Kier molecular flexibility index (Phi) is 6.64. The van der Waals surface area contributed by atoms with Crippen LogP contribution in [0.25, 0.3) is 0 Å². The maximum atomic E-state index is 15.7. The van der Waals surface area contributed by atoms with Crippen LogP contribution in [0.2, 0.25) is 0 Å². The van der Waals surface area contributed by atoms with E-state index in [4.69, 9.17) is 30.2 Å². The summed E-state index contributed by atoms with van der Waals surface area (Å²) in [6, 6.07) is 7.06. The summed E-state index contributed by atoms with van der Waals surface area (Å²) in [6.07, 6.45) is -2.07. The van der Waals surface area contributed by atoms with Crippen LogP contribution in [0.3, 0.4) is 0 Å². The molecule has 2 fully saturated rings. The molecule has 14 heteroatoms. The standard InChI is InChI=1S/C23H30FN4O8P/c1-13(2)34-19(30)23(26)12-37(23,32)36-15-7-5-14(6-8-15)33-11-22(24)17(29)21(3,4)18(35-22)28-10-9-16(25)27-20(28)31/h5-10,13,17-18,29H,11-12,26H2,1-4H3,(H2,25,27,31)/t17-,18-,22+,23?,37?/m0/s1. The van der Waals surface area contributed by atoms with Gasteiger partial charge in [0.25, 0.3) is 13.2 Å². The fraction of sp³-hybridized carbons (Fsp3) is 0.522. The highest BCUT2D eigenvalue weighted by atomic mass is 31.2. The van der Waals surface area contributed by atoms with E-state index in [-0.39, 0.29) is 23.5 Å². The van der Waals surface area contributed by atoms with Gasteiger partial charge in [0.1, 0.15) is 36.3 Å². The average Bonchev–Trinajstić information content (AvgIpc) is 3.31. The number of benzene rings is 1. The van der Waals surface area contributed by atoms with Crippen LogP contribution in [0.15, 0.2) is 41.3 Å². The van der Waals surface area contributed by atoms with Crippen molar-refractivity contribution in [2.75, 3.05) is 18.5 Å². The van der Waals surface area contributed by atoms with Crippen molar-refractivity contribution in [3.63, 3.8) is 0 Å². The molecule has 0 radical (unpaired) electrons. The van der Waals surface area contributed by atoms with E-state index in [1.54, 1.807) is 27.7 Å². The van der Waals surface area contributed by atoms with Gasteiger partial charge in [-0.3, -0.25) is 9.13 Å². The average molecular weight is 540 g/mol. The maximum absolute atomic E-state index is 15.7. The second kappa shape index (κ2) is 9.09. The van der Waals surface area contributed by atoms with Crippen molar-refractivity contribution in [2.24, 2.45) is 11.1 Å². The van der Waals surface area contributed by atoms with Crippen molar-refractivity contribution in [2.45, 2.75) is 57.3 Å². The number of carbonyl (C=O) groups is 1. The van der Waals surface area contributed by atoms with Gasteiger partial charge in [-0.1, -0.05) is 13.8 Å². The fourth-order valence-electron chi connectivity index (χ4n) is 4.09. The summed E-state index contributed by atoms with van der Waals surface area (Å²) in [7, 11) is -3.49. The smallest absolute Gasteiger partial charge is 0.351 e. The normalized spacial score (nSPS) is 32.2. The molecule has 202 valence electrons. The number of anilines is 1. The topological polar surface area (TPSA) is 178 Å². The van der Waals surface area contributed by atoms with Crippen molar-refractivity contribution < 1.29 is 37.6 Å². The number of aromatic nitrogens is 2. The molecule has 2 aromatic rings. The lowest BCUT2D eigenvalue weighted by atomic mass is 9.84. The summed E-state index contributed by atoms with van der Waals surface area (Å²) in [5.74, 6) is -3.07. The van der Waals surface area contributed by atoms with Gasteiger partial charge in [0.2, 0.25) is 5.28 Å². The molecule has 5 N–H and O–H groups in total. The lowest BCUT2D eigenvalue weighted by Crippen LogP contribution is -2.45. The second-order valence-corrected chi connectivity index (χ2v) is 12.7. The lowest BCUT2D eigenvalue weighted by molar-refractivity contribution is -0.203. The van der Waals surface area contributed by atoms with E-state index < -0.39 is 60.6 Å². The number of rotatable bonds is 8. The molecule has 0 amide bonds. The summed E-state index contributed by atoms with van der Waals surface area (Å²) in [5, 5.41) is 9.03. The summed E-state index contributed by atoms with van der Waals surface area (Å²) >= 11 is 0. The molecule has 37 heavy (non-hydrogen) atoms. The lowest BCUT2D eigenvalue weighted by Gasteiger charge is -2.29. The van der Waals surface area contributed by atoms with E-state index in [1.165, 1.54) is 36.5 Å². The summed E-state index contributed by atoms with van der Waals surface area (Å²) < 4.78 is 51.2. The molecule has 2 aliphatic heterocycles. The molecular formula is C23H30FN4O8P. The first-order chi connectivity index (χ1) is 17.1. The number of aliphatic hydroxyl groups excluding tert-OH is 1. The predicted molar refractivity (Wildman–Crippen MR) is 130 cm³/mol. The first kappa shape index (κ1) is 27.1. The number of nitrogens with two attached hydrogens (primary N) is 2. The number of alkyl halides is 1. The Morgan fingerprint density at radius 2 is 1.92 bits per heavy atom. The van der Waals surface area contributed by atoms with E-state index in [0.717, 1.165) is 4.57 Å². The van der Waals surface area contributed by atoms with E-state index in [1.807, 2.05) is 0 Å². The SMILES string of the molecule is CC(C)OC(=O)C1(N)CP1(=O)Oc1ccc(OC[C@@]2(F)O[C@H](n3ccc(N)nc3=O)C(C)(C)[C@@H]2O)cc1. The Morgan fingerprint density at radius 1 is 1.30 bits per heavy atom. The molecule has 5 atom stereocenters. The van der Waals surface area contributed by atoms with Crippen LogP contribution in [0.1, 0.15) is 33.9 Å². The Balaban J connectivity index is 1.41. The number of nitrogens with zero attached hydrogens (tertiary/aromatic N) is 2. The zero-order valence-corrected chi connectivity index (χ0v) is 21.7. The maximum Gasteiger partial charge on any atom is 0.351 e. The van der Waals surface area contributed by atoms with Gasteiger partial charge >= 0.3 is 11.7 Å². The van der Waals surface area contributed by atoms with Crippen LogP contribution in [-0.2, 0) is 18.8 Å². The number of ether oxygens (including phenoxy) is 3. The molecule has 0 aliphatic carbocycles. The van der Waals surface area contributed by atoms with Crippen molar-refractivity contribution in [1.82, 2.24) is 9.55 Å². The first-order valence-electron chi connectivity index (χ1n) is 11.5. The Morgan fingerprint density at radius 3 is 2.51 bits per heavy atom. The van der Waals surface area contributed by atoms with Gasteiger partial charge < -0.3 is 35.3 Å². The zero-order chi connectivity index (χ0) is 27.4. The van der Waals surface area contributed by atoms with Gasteiger partial charge in [-0.25, -0.2) is 14.0 Å². The summed E-state index contributed by atoms with van der Waals surface area (Å²) in [5.41, 5.74) is 9.48. The van der Waals surface area contributed by atoms with E-state index in [2.05, 4.69) is 4.98 Å². The second-order valence-electron chi connectivity index (χ2n) is 10.1. The van der Waals surface area contributed by atoms with Crippen molar-refractivity contribution >= 4 is 19.2 Å². The molecule has 2 aliphatic rings. The largest absolute Gasteiger partial charge is 0.488 e. The number of halogens is 1. The predicted octanol–water partition coefficient (Wildman–Crippen LogP) is 1.76. The van der Waals surface area contributed by atoms with Crippen molar-refractivity contribution in [3.8, 4) is 11.5 Å². The highest BCUT2D eigenvalue weighted by Crippen LogP contribution is 2.73. The minimum absolute atomic E-state index is 0.000708. The molecule has 1 aromatic heterocycles. The van der Waals surface area contributed by atoms with Crippen LogP contribution in [-0.4, -0.2) is 56.7 Å². The van der Waals surface area contributed by atoms with Gasteiger partial charge in [-0.2, -0.15) is 4.98 Å². The molecule has 2 unspecified atom stereocenters. The molecule has 0 bridgehead atoms. The highest BCUT2D eigenvalue weighted by Gasteiger charge is 2.72. The Bertz CT molecular complexity index is 1300. The zero-order valence-electron chi connectivity index (χ0n) is 20.8. The molecule has 1 aromatic carbocycles. The minimum atomic E-state index is -3.49. The third kappa shape index (κ3) is 4.84. The highest BCUT2D eigenvalue weighted by molar-refractivity contribution is 7.70. The first-order valence-corrected chi connectivity index (χ1v) is 13.3. The van der Waals surface area contributed by atoms with Crippen molar-refractivity contribution in [3.05, 3.63) is 47.0 Å². The van der Waals surface area contributed by atoms with Crippen LogP contribution >= 0.6 is 7.37 Å². The molecule has 0 saturated carbocycles. The summed E-state index contributed by atoms with van der Waals surface area (Å²) in [6.45, 7) is 5.71. The van der Waals surface area contributed by atoms with Gasteiger partial charge in [0, 0.05) is 11.6 Å². The molecular weight excluding hydrogens is 510 g/mol. The number of hydrogen-bond donors (Lipinski definition) is 3. The third-order valence-corrected chi connectivity index (χ3v) is 8.92. The molecule has 2 saturated heterocycles. The number of carbonyl (C=O) groups excluding carboxylic acids is 1. The number of esters is 1. The van der Waals surface area contributed by atoms with E-state index in [0.29, 0.717) is 0 Å². The van der Waals surface area contributed by atoms with Gasteiger partial charge in [-0.05, 0) is 44.2 Å². The number of aliphatic hydroxyl groups is 1. The van der Waals surface area contributed by atoms with Gasteiger partial charge in [0.15, 0.2) is 0 Å². The molecule has 3 heterocycles. The minimum Gasteiger partial charge on any atom is -0.488 e. The number of hydrogen-bond acceptors (Lipinski definition) is 11. The summed E-state index contributed by atoms with van der Waals surface area (Å²) in [4.78, 5) is 28.0. The van der Waals surface area contributed by atoms with Crippen LogP contribution < -0.4 is 26.4 Å². The quantitative estimate of drug-likeness (QED) is 0.328. The molecule has 4 rings (SSSR count). The van der Waals surface area contributed by atoms with Gasteiger partial charge in [-0.15, -0.1) is 0 Å². The Labute approximate surface area is 212 Å². The fourth-order valence-corrected chi connectivity index (χ4v) is 6.15. The number of nitrogen functional groups attached to an aromatic ring is 1. The molecule has 0 spiro atoms. The van der Waals surface area contributed by atoms with Crippen molar-refractivity contribution in [1.29, 1.82) is 0 Å².